The van der Waals surface area contributed by atoms with Crippen LogP contribution in [0.1, 0.15) is 52.9 Å². The molecular weight excluding hydrogens is 226 g/mol. The van der Waals surface area contributed by atoms with Crippen molar-refractivity contribution in [2.75, 3.05) is 19.6 Å². The molecule has 106 valence electrons. The zero-order valence-electron chi connectivity index (χ0n) is 12.2. The summed E-state index contributed by atoms with van der Waals surface area (Å²) in [6.07, 6.45) is 5.70. The van der Waals surface area contributed by atoms with Gasteiger partial charge in [-0.3, -0.25) is 4.79 Å². The second-order valence-electron chi connectivity index (χ2n) is 5.71. The number of nitrogens with zero attached hydrogens (tertiary/aromatic N) is 1. The second kappa shape index (κ2) is 7.10. The first kappa shape index (κ1) is 15.4. The summed E-state index contributed by atoms with van der Waals surface area (Å²) in [5.74, 6) is -0.237. The molecule has 1 amide bonds. The van der Waals surface area contributed by atoms with Gasteiger partial charge in [0.25, 0.3) is 0 Å². The highest BCUT2D eigenvalue weighted by Crippen LogP contribution is 2.18. The SMILES string of the molecule is CCNC(C)(CCCCN1CCCC1C)C(N)=O. The van der Waals surface area contributed by atoms with Gasteiger partial charge in [0.05, 0.1) is 5.54 Å². The Morgan fingerprint density at radius 3 is 2.72 bits per heavy atom. The van der Waals surface area contributed by atoms with Crippen LogP contribution in [0.25, 0.3) is 0 Å². The van der Waals surface area contributed by atoms with Gasteiger partial charge in [0.15, 0.2) is 0 Å². The number of carbonyl (C=O) groups is 1. The Morgan fingerprint density at radius 2 is 2.22 bits per heavy atom. The number of rotatable bonds is 8. The molecule has 0 saturated carbocycles. The molecule has 0 aromatic heterocycles. The second-order valence-corrected chi connectivity index (χ2v) is 5.71. The van der Waals surface area contributed by atoms with Gasteiger partial charge in [-0.15, -0.1) is 0 Å². The molecule has 0 bridgehead atoms. The van der Waals surface area contributed by atoms with Crippen LogP contribution in [0.15, 0.2) is 0 Å². The quantitative estimate of drug-likeness (QED) is 0.646. The maximum Gasteiger partial charge on any atom is 0.237 e. The highest BCUT2D eigenvalue weighted by molar-refractivity contribution is 5.84. The number of nitrogens with one attached hydrogen (secondary N) is 1. The summed E-state index contributed by atoms with van der Waals surface area (Å²) < 4.78 is 0. The van der Waals surface area contributed by atoms with Crippen LogP contribution in [0.2, 0.25) is 0 Å². The first-order valence-electron chi connectivity index (χ1n) is 7.28. The van der Waals surface area contributed by atoms with E-state index in [0.717, 1.165) is 38.4 Å². The van der Waals surface area contributed by atoms with Crippen LogP contribution in [0.5, 0.6) is 0 Å². The highest BCUT2D eigenvalue weighted by atomic mass is 16.1. The number of hydrogen-bond acceptors (Lipinski definition) is 3. The molecule has 1 aliphatic heterocycles. The van der Waals surface area contributed by atoms with E-state index in [0.29, 0.717) is 0 Å². The first-order valence-corrected chi connectivity index (χ1v) is 7.28. The van der Waals surface area contributed by atoms with Crippen LogP contribution in [0.3, 0.4) is 0 Å². The molecule has 4 nitrogen and oxygen atoms in total. The monoisotopic (exact) mass is 255 g/mol. The fourth-order valence-corrected chi connectivity index (χ4v) is 2.81. The predicted octanol–water partition coefficient (Wildman–Crippen LogP) is 1.49. The minimum Gasteiger partial charge on any atom is -0.368 e. The van der Waals surface area contributed by atoms with Crippen molar-refractivity contribution in [3.63, 3.8) is 0 Å². The van der Waals surface area contributed by atoms with Gasteiger partial charge in [-0.25, -0.2) is 0 Å². The number of amides is 1. The van der Waals surface area contributed by atoms with Gasteiger partial charge in [-0.2, -0.15) is 0 Å². The minimum absolute atomic E-state index is 0.237. The van der Waals surface area contributed by atoms with E-state index in [1.54, 1.807) is 0 Å². The zero-order valence-corrected chi connectivity index (χ0v) is 12.2. The van der Waals surface area contributed by atoms with Gasteiger partial charge >= 0.3 is 0 Å². The largest absolute Gasteiger partial charge is 0.368 e. The van der Waals surface area contributed by atoms with E-state index < -0.39 is 5.54 Å². The first-order chi connectivity index (χ1) is 8.49. The van der Waals surface area contributed by atoms with Gasteiger partial charge in [0.2, 0.25) is 5.91 Å². The molecule has 0 aliphatic carbocycles. The summed E-state index contributed by atoms with van der Waals surface area (Å²) in [5, 5.41) is 3.21. The van der Waals surface area contributed by atoms with Crippen molar-refractivity contribution in [2.45, 2.75) is 64.5 Å². The molecule has 0 aromatic rings. The third kappa shape index (κ3) is 4.25. The van der Waals surface area contributed by atoms with E-state index in [9.17, 15) is 4.79 Å². The molecule has 1 saturated heterocycles. The predicted molar refractivity (Wildman–Crippen MR) is 75.4 cm³/mol. The molecule has 2 unspecified atom stereocenters. The molecule has 0 aromatic carbocycles. The number of primary amides is 1. The molecule has 0 spiro atoms. The maximum absolute atomic E-state index is 11.5. The lowest BCUT2D eigenvalue weighted by atomic mass is 9.94. The average Bonchev–Trinajstić information content (AvgIpc) is 2.71. The van der Waals surface area contributed by atoms with Crippen LogP contribution in [-0.2, 0) is 4.79 Å². The molecule has 1 fully saturated rings. The minimum atomic E-state index is -0.536. The van der Waals surface area contributed by atoms with Gasteiger partial charge in [-0.1, -0.05) is 6.92 Å². The molecule has 1 aliphatic rings. The molecule has 1 rings (SSSR count). The number of likely N-dealkylation sites (tertiary alicyclic amines) is 1. The molecular formula is C14H29N3O. The van der Waals surface area contributed by atoms with Gasteiger partial charge in [0.1, 0.15) is 0 Å². The highest BCUT2D eigenvalue weighted by Gasteiger charge is 2.29. The van der Waals surface area contributed by atoms with E-state index in [1.807, 2.05) is 13.8 Å². The van der Waals surface area contributed by atoms with Crippen molar-refractivity contribution in [1.29, 1.82) is 0 Å². The summed E-state index contributed by atoms with van der Waals surface area (Å²) in [6.45, 7) is 9.40. The van der Waals surface area contributed by atoms with Crippen molar-refractivity contribution in [3.8, 4) is 0 Å². The summed E-state index contributed by atoms with van der Waals surface area (Å²) >= 11 is 0. The lowest BCUT2D eigenvalue weighted by molar-refractivity contribution is -0.124. The van der Waals surface area contributed by atoms with E-state index in [1.165, 1.54) is 19.4 Å². The Balaban J connectivity index is 2.24. The summed E-state index contributed by atoms with van der Waals surface area (Å²) in [7, 11) is 0. The number of likely N-dealkylation sites (N-methyl/N-ethyl adjacent to an activating group) is 1. The normalized spacial score (nSPS) is 24.1. The van der Waals surface area contributed by atoms with Crippen molar-refractivity contribution in [3.05, 3.63) is 0 Å². The van der Waals surface area contributed by atoms with Crippen LogP contribution in [-0.4, -0.2) is 42.0 Å². The molecule has 18 heavy (non-hydrogen) atoms. The molecule has 2 atom stereocenters. The van der Waals surface area contributed by atoms with Crippen LogP contribution < -0.4 is 11.1 Å². The molecule has 3 N–H and O–H groups in total. The van der Waals surface area contributed by atoms with E-state index >= 15 is 0 Å². The van der Waals surface area contributed by atoms with Gasteiger partial charge in [-0.05, 0) is 65.6 Å². The lowest BCUT2D eigenvalue weighted by Gasteiger charge is -2.27. The van der Waals surface area contributed by atoms with Crippen molar-refractivity contribution >= 4 is 5.91 Å². The van der Waals surface area contributed by atoms with Crippen molar-refractivity contribution in [1.82, 2.24) is 10.2 Å². The van der Waals surface area contributed by atoms with Gasteiger partial charge in [0, 0.05) is 6.04 Å². The maximum atomic E-state index is 11.5. The third-order valence-corrected chi connectivity index (χ3v) is 4.17. The van der Waals surface area contributed by atoms with Crippen molar-refractivity contribution < 1.29 is 4.79 Å². The summed E-state index contributed by atoms with van der Waals surface area (Å²) in [5.41, 5.74) is 4.94. The lowest BCUT2D eigenvalue weighted by Crippen LogP contribution is -2.53. The molecule has 0 radical (unpaired) electrons. The van der Waals surface area contributed by atoms with Crippen molar-refractivity contribution in [2.24, 2.45) is 5.73 Å². The fraction of sp³-hybridized carbons (Fsp3) is 0.929. The van der Waals surface area contributed by atoms with Crippen LogP contribution in [0.4, 0.5) is 0 Å². The summed E-state index contributed by atoms with van der Waals surface area (Å²) in [6, 6.07) is 0.737. The number of hydrogen-bond donors (Lipinski definition) is 2. The number of carbonyl (C=O) groups excluding carboxylic acids is 1. The average molecular weight is 255 g/mol. The fourth-order valence-electron chi connectivity index (χ4n) is 2.81. The Hall–Kier alpha value is -0.610. The Labute approximate surface area is 111 Å². The number of unbranched alkanes of at least 4 members (excludes halogenated alkanes) is 1. The Bertz CT molecular complexity index is 270. The standard InChI is InChI=1S/C14H29N3O/c1-4-16-14(3,13(15)18)9-5-6-10-17-11-7-8-12(17)2/h12,16H,4-11H2,1-3H3,(H2,15,18). The number of nitrogens with two attached hydrogens (primary N) is 1. The zero-order chi connectivity index (χ0) is 13.6. The topological polar surface area (TPSA) is 58.4 Å². The smallest absolute Gasteiger partial charge is 0.237 e. The molecule has 4 heteroatoms. The van der Waals surface area contributed by atoms with Crippen LogP contribution in [0, 0.1) is 0 Å². The van der Waals surface area contributed by atoms with Gasteiger partial charge < -0.3 is 16.0 Å². The van der Waals surface area contributed by atoms with E-state index in [-0.39, 0.29) is 5.91 Å². The Kier molecular flexibility index (Phi) is 6.09. The third-order valence-electron chi connectivity index (χ3n) is 4.17. The van der Waals surface area contributed by atoms with E-state index in [4.69, 9.17) is 5.73 Å². The Morgan fingerprint density at radius 1 is 1.50 bits per heavy atom. The van der Waals surface area contributed by atoms with Crippen LogP contribution >= 0.6 is 0 Å². The summed E-state index contributed by atoms with van der Waals surface area (Å²) in [4.78, 5) is 14.0. The van der Waals surface area contributed by atoms with E-state index in [2.05, 4.69) is 17.1 Å². The molecule has 1 heterocycles.